The summed E-state index contributed by atoms with van der Waals surface area (Å²) in [5, 5.41) is 0. The number of hydrogen-bond donors (Lipinski definition) is 1. The molecular formula is C12H17NO3. The van der Waals surface area contributed by atoms with Crippen LogP contribution in [0.3, 0.4) is 0 Å². The fourth-order valence-corrected chi connectivity index (χ4v) is 1.06. The normalized spacial score (nSPS) is 12.5. The molecule has 0 aliphatic carbocycles. The van der Waals surface area contributed by atoms with Crippen LogP contribution in [0.5, 0.6) is 0 Å². The smallest absolute Gasteiger partial charge is 0.318 e. The van der Waals surface area contributed by atoms with Gasteiger partial charge in [-0.3, -0.25) is 4.89 Å². The lowest BCUT2D eigenvalue weighted by atomic mass is 10.1. The van der Waals surface area contributed by atoms with Gasteiger partial charge in [0.25, 0.3) is 0 Å². The number of rotatable bonds is 5. The molecule has 0 unspecified atom stereocenters. The van der Waals surface area contributed by atoms with Crippen LogP contribution in [-0.4, -0.2) is 12.0 Å². The molecule has 0 spiro atoms. The quantitative estimate of drug-likeness (QED) is 0.609. The van der Waals surface area contributed by atoms with Crippen LogP contribution in [0.15, 0.2) is 30.3 Å². The van der Waals surface area contributed by atoms with Crippen LogP contribution in [0.25, 0.3) is 0 Å². The van der Waals surface area contributed by atoms with Crippen molar-refractivity contribution in [2.45, 2.75) is 26.5 Å². The molecule has 4 heteroatoms. The average Bonchev–Trinajstić information content (AvgIpc) is 2.29. The molecule has 0 aromatic heterocycles. The first-order valence-corrected chi connectivity index (χ1v) is 5.24. The van der Waals surface area contributed by atoms with Gasteiger partial charge in [-0.05, 0) is 11.5 Å². The van der Waals surface area contributed by atoms with E-state index < -0.39 is 12.0 Å². The van der Waals surface area contributed by atoms with E-state index in [2.05, 4.69) is 4.89 Å². The minimum absolute atomic E-state index is 0.0350. The molecule has 0 amide bonds. The third-order valence-corrected chi connectivity index (χ3v) is 2.20. The van der Waals surface area contributed by atoms with E-state index in [4.69, 9.17) is 10.6 Å². The highest BCUT2D eigenvalue weighted by molar-refractivity contribution is 5.75. The average molecular weight is 223 g/mol. The zero-order valence-electron chi connectivity index (χ0n) is 9.55. The predicted octanol–water partition coefficient (Wildman–Crippen LogP) is 1.64. The molecule has 0 aliphatic rings. The number of nitrogens with two attached hydrogens (primary N) is 1. The van der Waals surface area contributed by atoms with Gasteiger partial charge in [0.15, 0.2) is 0 Å². The topological polar surface area (TPSA) is 61.6 Å². The third kappa shape index (κ3) is 4.00. The van der Waals surface area contributed by atoms with Crippen LogP contribution in [0, 0.1) is 5.92 Å². The zero-order valence-corrected chi connectivity index (χ0v) is 9.55. The molecule has 1 aromatic carbocycles. The van der Waals surface area contributed by atoms with Crippen molar-refractivity contribution in [3.63, 3.8) is 0 Å². The molecule has 0 saturated heterocycles. The molecule has 0 fully saturated rings. The first-order valence-electron chi connectivity index (χ1n) is 5.24. The number of carbonyl (C=O) groups excluding carboxylic acids is 1. The van der Waals surface area contributed by atoms with Gasteiger partial charge in [0, 0.05) is 0 Å². The van der Waals surface area contributed by atoms with Gasteiger partial charge in [0.1, 0.15) is 12.6 Å². The Morgan fingerprint density at radius 3 is 2.50 bits per heavy atom. The molecule has 0 aliphatic heterocycles. The number of carbonyl (C=O) groups is 1. The fourth-order valence-electron chi connectivity index (χ4n) is 1.06. The summed E-state index contributed by atoms with van der Waals surface area (Å²) in [7, 11) is 0. The van der Waals surface area contributed by atoms with Crippen molar-refractivity contribution in [3.05, 3.63) is 35.9 Å². The highest BCUT2D eigenvalue weighted by Crippen LogP contribution is 2.04. The first kappa shape index (κ1) is 12.7. The van der Waals surface area contributed by atoms with Gasteiger partial charge in [-0.2, -0.15) is 4.89 Å². The Morgan fingerprint density at radius 2 is 1.94 bits per heavy atom. The van der Waals surface area contributed by atoms with Gasteiger partial charge in [0.05, 0.1) is 0 Å². The number of benzene rings is 1. The molecule has 2 N–H and O–H groups in total. The highest BCUT2D eigenvalue weighted by Gasteiger charge is 2.19. The van der Waals surface area contributed by atoms with Crippen LogP contribution in [0.4, 0.5) is 0 Å². The third-order valence-electron chi connectivity index (χ3n) is 2.20. The molecule has 88 valence electrons. The summed E-state index contributed by atoms with van der Waals surface area (Å²) in [6, 6.07) is 8.81. The number of hydrogen-bond acceptors (Lipinski definition) is 4. The summed E-state index contributed by atoms with van der Waals surface area (Å²) in [5.74, 6) is -0.501. The molecule has 1 rings (SSSR count). The Balaban J connectivity index is 2.28. The minimum atomic E-state index is -0.643. The SMILES string of the molecule is CC(C)[C@H](N)C(=O)OOCc1ccccc1. The van der Waals surface area contributed by atoms with Crippen LogP contribution >= 0.6 is 0 Å². The van der Waals surface area contributed by atoms with E-state index in [1.165, 1.54) is 0 Å². The van der Waals surface area contributed by atoms with Crippen LogP contribution in [0.2, 0.25) is 0 Å². The van der Waals surface area contributed by atoms with Crippen LogP contribution < -0.4 is 5.73 Å². The van der Waals surface area contributed by atoms with E-state index in [1.807, 2.05) is 44.2 Å². The van der Waals surface area contributed by atoms with E-state index in [0.29, 0.717) is 0 Å². The van der Waals surface area contributed by atoms with Crippen molar-refractivity contribution < 1.29 is 14.6 Å². The molecule has 0 bridgehead atoms. The maximum Gasteiger partial charge on any atom is 0.359 e. The van der Waals surface area contributed by atoms with E-state index in [-0.39, 0.29) is 12.5 Å². The van der Waals surface area contributed by atoms with Crippen molar-refractivity contribution in [3.8, 4) is 0 Å². The second kappa shape index (κ2) is 6.25. The second-order valence-electron chi connectivity index (χ2n) is 3.92. The minimum Gasteiger partial charge on any atom is -0.318 e. The fraction of sp³-hybridized carbons (Fsp3) is 0.417. The van der Waals surface area contributed by atoms with E-state index in [9.17, 15) is 4.79 Å². The zero-order chi connectivity index (χ0) is 12.0. The van der Waals surface area contributed by atoms with Crippen molar-refractivity contribution >= 4 is 5.97 Å². The largest absolute Gasteiger partial charge is 0.359 e. The van der Waals surface area contributed by atoms with Crippen molar-refractivity contribution in [2.75, 3.05) is 0 Å². The lowest BCUT2D eigenvalue weighted by Gasteiger charge is -2.12. The van der Waals surface area contributed by atoms with E-state index >= 15 is 0 Å². The summed E-state index contributed by atoms with van der Waals surface area (Å²) < 4.78 is 0. The van der Waals surface area contributed by atoms with Gasteiger partial charge < -0.3 is 5.73 Å². The Bertz CT molecular complexity index is 324. The van der Waals surface area contributed by atoms with E-state index in [1.54, 1.807) is 0 Å². The molecule has 0 radical (unpaired) electrons. The molecule has 0 saturated carbocycles. The lowest BCUT2D eigenvalue weighted by molar-refractivity contribution is -0.281. The predicted molar refractivity (Wildman–Crippen MR) is 60.1 cm³/mol. The van der Waals surface area contributed by atoms with Crippen LogP contribution in [-0.2, 0) is 21.2 Å². The summed E-state index contributed by atoms with van der Waals surface area (Å²) in [6.45, 7) is 3.93. The molecule has 16 heavy (non-hydrogen) atoms. The van der Waals surface area contributed by atoms with Gasteiger partial charge in [-0.1, -0.05) is 44.2 Å². The Kier molecular flexibility index (Phi) is 4.95. The monoisotopic (exact) mass is 223 g/mol. The molecule has 0 heterocycles. The van der Waals surface area contributed by atoms with Gasteiger partial charge in [0.2, 0.25) is 0 Å². The summed E-state index contributed by atoms with van der Waals surface area (Å²) in [6.07, 6.45) is 0. The lowest BCUT2D eigenvalue weighted by Crippen LogP contribution is -2.36. The molecular weight excluding hydrogens is 206 g/mol. The maximum absolute atomic E-state index is 11.3. The molecule has 4 nitrogen and oxygen atoms in total. The molecule has 1 aromatic rings. The van der Waals surface area contributed by atoms with Gasteiger partial charge in [-0.15, -0.1) is 0 Å². The van der Waals surface area contributed by atoms with Crippen molar-refractivity contribution in [1.82, 2.24) is 0 Å². The molecule has 1 atom stereocenters. The van der Waals surface area contributed by atoms with Gasteiger partial charge in [-0.25, -0.2) is 4.79 Å². The summed E-state index contributed by atoms with van der Waals surface area (Å²) in [4.78, 5) is 20.7. The Morgan fingerprint density at radius 1 is 1.31 bits per heavy atom. The maximum atomic E-state index is 11.3. The van der Waals surface area contributed by atoms with Crippen LogP contribution in [0.1, 0.15) is 19.4 Å². The van der Waals surface area contributed by atoms with E-state index in [0.717, 1.165) is 5.56 Å². The van der Waals surface area contributed by atoms with Gasteiger partial charge >= 0.3 is 5.97 Å². The Labute approximate surface area is 95.3 Å². The summed E-state index contributed by atoms with van der Waals surface area (Å²) >= 11 is 0. The standard InChI is InChI=1S/C12H17NO3/c1-9(2)11(13)12(14)16-15-8-10-6-4-3-5-7-10/h3-7,9,11H,8,13H2,1-2H3/t11-/m0/s1. The Hall–Kier alpha value is -1.39. The second-order valence-corrected chi connectivity index (χ2v) is 3.92. The van der Waals surface area contributed by atoms with Crippen molar-refractivity contribution in [1.29, 1.82) is 0 Å². The summed E-state index contributed by atoms with van der Waals surface area (Å²) in [5.41, 5.74) is 6.52. The first-order chi connectivity index (χ1) is 7.61. The highest BCUT2D eigenvalue weighted by atomic mass is 17.2. The van der Waals surface area contributed by atoms with Crippen molar-refractivity contribution in [2.24, 2.45) is 11.7 Å².